The van der Waals surface area contributed by atoms with Crippen LogP contribution < -0.4 is 5.73 Å². The lowest BCUT2D eigenvalue weighted by Crippen LogP contribution is -2.37. The van der Waals surface area contributed by atoms with E-state index in [1.54, 1.807) is 0 Å². The van der Waals surface area contributed by atoms with Gasteiger partial charge >= 0.3 is 5.97 Å². The van der Waals surface area contributed by atoms with Gasteiger partial charge < -0.3 is 15.7 Å². The van der Waals surface area contributed by atoms with Gasteiger partial charge in [0.25, 0.3) is 0 Å². The van der Waals surface area contributed by atoms with Crippen LogP contribution in [-0.2, 0) is 9.59 Å². The predicted molar refractivity (Wildman–Crippen MR) is 55.2 cm³/mol. The molecule has 5 heteroatoms. The Bertz CT molecular complexity index is 267. The molecular formula is C10H18N2O3. The zero-order chi connectivity index (χ0) is 11.5. The van der Waals surface area contributed by atoms with E-state index in [2.05, 4.69) is 4.90 Å². The van der Waals surface area contributed by atoms with Crippen molar-refractivity contribution in [3.63, 3.8) is 0 Å². The Kier molecular flexibility index (Phi) is 3.68. The predicted octanol–water partition coefficient (Wildman–Crippen LogP) is 0.0485. The molecule has 0 saturated carbocycles. The zero-order valence-corrected chi connectivity index (χ0v) is 9.03. The molecule has 86 valence electrons. The van der Waals surface area contributed by atoms with Gasteiger partial charge in [-0.2, -0.15) is 0 Å². The summed E-state index contributed by atoms with van der Waals surface area (Å²) in [5.74, 6) is -1.03. The Morgan fingerprint density at radius 3 is 2.67 bits per heavy atom. The van der Waals surface area contributed by atoms with E-state index in [-0.39, 0.29) is 12.3 Å². The number of carbonyl (C=O) groups is 2. The highest BCUT2D eigenvalue weighted by Gasteiger charge is 2.38. The van der Waals surface area contributed by atoms with Crippen molar-refractivity contribution in [2.24, 2.45) is 11.1 Å². The molecule has 0 spiro atoms. The lowest BCUT2D eigenvalue weighted by Gasteiger charge is -2.20. The van der Waals surface area contributed by atoms with Crippen LogP contribution in [0, 0.1) is 5.41 Å². The molecule has 0 aromatic heterocycles. The van der Waals surface area contributed by atoms with Gasteiger partial charge in [0, 0.05) is 13.0 Å². The second-order valence-electron chi connectivity index (χ2n) is 4.45. The summed E-state index contributed by atoms with van der Waals surface area (Å²) in [4.78, 5) is 23.6. The molecule has 1 aliphatic heterocycles. The second-order valence-corrected chi connectivity index (χ2v) is 4.45. The average molecular weight is 214 g/mol. The first-order valence-electron chi connectivity index (χ1n) is 5.18. The number of hydrogen-bond donors (Lipinski definition) is 2. The molecule has 1 unspecified atom stereocenters. The standard InChI is InChI=1S/C10H18N2O3/c1-10(9(11)15)4-6-12(7-10)5-2-3-8(13)14/h2-7H2,1H3,(H2,11,15)(H,13,14). The van der Waals surface area contributed by atoms with Crippen molar-refractivity contribution >= 4 is 11.9 Å². The van der Waals surface area contributed by atoms with Crippen LogP contribution in [0.2, 0.25) is 0 Å². The van der Waals surface area contributed by atoms with Crippen LogP contribution in [0.1, 0.15) is 26.2 Å². The van der Waals surface area contributed by atoms with Crippen molar-refractivity contribution in [3.05, 3.63) is 0 Å². The summed E-state index contributed by atoms with van der Waals surface area (Å²) in [7, 11) is 0. The van der Waals surface area contributed by atoms with Gasteiger partial charge in [-0.15, -0.1) is 0 Å². The topological polar surface area (TPSA) is 83.6 Å². The van der Waals surface area contributed by atoms with E-state index in [9.17, 15) is 9.59 Å². The molecule has 3 N–H and O–H groups in total. The SMILES string of the molecule is CC1(C(N)=O)CCN(CCCC(=O)O)C1. The number of carboxylic acids is 1. The van der Waals surface area contributed by atoms with Gasteiger partial charge in [0.2, 0.25) is 5.91 Å². The van der Waals surface area contributed by atoms with Crippen LogP contribution in [0.25, 0.3) is 0 Å². The highest BCUT2D eigenvalue weighted by Crippen LogP contribution is 2.29. The molecule has 1 saturated heterocycles. The number of aliphatic carboxylic acids is 1. The summed E-state index contributed by atoms with van der Waals surface area (Å²) in [5.41, 5.74) is 4.88. The summed E-state index contributed by atoms with van der Waals surface area (Å²) in [6.45, 7) is 4.09. The van der Waals surface area contributed by atoms with E-state index in [0.29, 0.717) is 13.0 Å². The van der Waals surface area contributed by atoms with E-state index in [1.807, 2.05) is 6.92 Å². The Balaban J connectivity index is 2.30. The largest absolute Gasteiger partial charge is 0.481 e. The Hall–Kier alpha value is -1.10. The molecule has 1 aliphatic rings. The second kappa shape index (κ2) is 4.61. The smallest absolute Gasteiger partial charge is 0.303 e. The van der Waals surface area contributed by atoms with Crippen molar-refractivity contribution in [1.82, 2.24) is 4.90 Å². The highest BCUT2D eigenvalue weighted by molar-refractivity contribution is 5.81. The number of nitrogens with zero attached hydrogens (tertiary/aromatic N) is 1. The third-order valence-electron chi connectivity index (χ3n) is 3.01. The maximum Gasteiger partial charge on any atom is 0.303 e. The molecule has 15 heavy (non-hydrogen) atoms. The lowest BCUT2D eigenvalue weighted by molar-refractivity contribution is -0.137. The fourth-order valence-corrected chi connectivity index (χ4v) is 1.90. The van der Waals surface area contributed by atoms with Crippen LogP contribution in [0.3, 0.4) is 0 Å². The number of nitrogens with two attached hydrogens (primary N) is 1. The minimum absolute atomic E-state index is 0.184. The fraction of sp³-hybridized carbons (Fsp3) is 0.800. The minimum Gasteiger partial charge on any atom is -0.481 e. The Labute approximate surface area is 89.2 Å². The number of carboxylic acid groups (broad SMARTS) is 1. The van der Waals surface area contributed by atoms with Crippen LogP contribution in [0.15, 0.2) is 0 Å². The van der Waals surface area contributed by atoms with E-state index >= 15 is 0 Å². The average Bonchev–Trinajstić information content (AvgIpc) is 2.48. The van der Waals surface area contributed by atoms with Crippen LogP contribution in [0.5, 0.6) is 0 Å². The zero-order valence-electron chi connectivity index (χ0n) is 9.03. The molecule has 5 nitrogen and oxygen atoms in total. The molecule has 0 radical (unpaired) electrons. The summed E-state index contributed by atoms with van der Waals surface area (Å²) < 4.78 is 0. The monoisotopic (exact) mass is 214 g/mol. The van der Waals surface area contributed by atoms with E-state index < -0.39 is 11.4 Å². The number of primary amides is 1. The number of likely N-dealkylation sites (tertiary alicyclic amines) is 1. The molecule has 0 bridgehead atoms. The van der Waals surface area contributed by atoms with Crippen molar-refractivity contribution in [1.29, 1.82) is 0 Å². The molecule has 1 fully saturated rings. The maximum atomic E-state index is 11.2. The molecule has 0 aromatic rings. The first-order chi connectivity index (χ1) is 6.94. The molecule has 1 rings (SSSR count). The third kappa shape index (κ3) is 3.20. The summed E-state index contributed by atoms with van der Waals surface area (Å²) in [6.07, 6.45) is 1.59. The maximum absolute atomic E-state index is 11.2. The lowest BCUT2D eigenvalue weighted by atomic mass is 9.89. The Morgan fingerprint density at radius 1 is 1.53 bits per heavy atom. The summed E-state index contributed by atoms with van der Waals surface area (Å²) in [5, 5.41) is 8.49. The van der Waals surface area contributed by atoms with Crippen molar-refractivity contribution in [3.8, 4) is 0 Å². The molecule has 1 amide bonds. The van der Waals surface area contributed by atoms with Gasteiger partial charge in [-0.25, -0.2) is 0 Å². The molecule has 1 heterocycles. The first-order valence-corrected chi connectivity index (χ1v) is 5.18. The molecular weight excluding hydrogens is 196 g/mol. The molecule has 0 aliphatic carbocycles. The van der Waals surface area contributed by atoms with Gasteiger partial charge in [0.15, 0.2) is 0 Å². The van der Waals surface area contributed by atoms with E-state index in [1.165, 1.54) is 0 Å². The van der Waals surface area contributed by atoms with Crippen molar-refractivity contribution < 1.29 is 14.7 Å². The number of hydrogen-bond acceptors (Lipinski definition) is 3. The number of rotatable bonds is 5. The highest BCUT2D eigenvalue weighted by atomic mass is 16.4. The number of carbonyl (C=O) groups excluding carboxylic acids is 1. The van der Waals surface area contributed by atoms with Gasteiger partial charge in [0.1, 0.15) is 0 Å². The Morgan fingerprint density at radius 2 is 2.20 bits per heavy atom. The fourth-order valence-electron chi connectivity index (χ4n) is 1.90. The van der Waals surface area contributed by atoms with Crippen LogP contribution >= 0.6 is 0 Å². The van der Waals surface area contributed by atoms with E-state index in [4.69, 9.17) is 10.8 Å². The number of amides is 1. The normalized spacial score (nSPS) is 26.7. The van der Waals surface area contributed by atoms with Crippen LogP contribution in [0.4, 0.5) is 0 Å². The summed E-state index contributed by atoms with van der Waals surface area (Å²) >= 11 is 0. The van der Waals surface area contributed by atoms with Crippen LogP contribution in [-0.4, -0.2) is 41.5 Å². The van der Waals surface area contributed by atoms with Gasteiger partial charge in [-0.05, 0) is 32.9 Å². The van der Waals surface area contributed by atoms with E-state index in [0.717, 1.165) is 19.5 Å². The van der Waals surface area contributed by atoms with Gasteiger partial charge in [0.05, 0.1) is 5.41 Å². The minimum atomic E-state index is -0.771. The summed E-state index contributed by atoms with van der Waals surface area (Å²) in [6, 6.07) is 0. The molecule has 0 aromatic carbocycles. The van der Waals surface area contributed by atoms with Crippen molar-refractivity contribution in [2.45, 2.75) is 26.2 Å². The van der Waals surface area contributed by atoms with Crippen molar-refractivity contribution in [2.75, 3.05) is 19.6 Å². The van der Waals surface area contributed by atoms with Gasteiger partial charge in [-0.1, -0.05) is 0 Å². The first kappa shape index (κ1) is 12.0. The molecule has 1 atom stereocenters. The third-order valence-corrected chi connectivity index (χ3v) is 3.01. The van der Waals surface area contributed by atoms with Gasteiger partial charge in [-0.3, -0.25) is 9.59 Å². The quantitative estimate of drug-likeness (QED) is 0.677.